The number of hydrogen-bond donors (Lipinski definition) is 3. The molecule has 0 spiro atoms. The molecule has 0 aliphatic carbocycles. The van der Waals surface area contributed by atoms with Crippen LogP contribution >= 0.6 is 15.9 Å². The van der Waals surface area contributed by atoms with Crippen LogP contribution in [0.3, 0.4) is 0 Å². The Balaban J connectivity index is 1.80. The molecule has 0 radical (unpaired) electrons. The number of halogens is 1. The number of nitrogens with zero attached hydrogens (tertiary/aromatic N) is 1. The number of rotatable bonds is 10. The van der Waals surface area contributed by atoms with Crippen molar-refractivity contribution in [1.82, 2.24) is 5.43 Å². The lowest BCUT2D eigenvalue weighted by Gasteiger charge is -2.09. The van der Waals surface area contributed by atoms with Crippen molar-refractivity contribution in [1.29, 1.82) is 0 Å². The Bertz CT molecular complexity index is 931. The summed E-state index contributed by atoms with van der Waals surface area (Å²) in [4.78, 5) is 34.6. The molecule has 0 fully saturated rings. The number of hydrazone groups is 1. The number of amides is 3. The number of carbonyl (C=O) groups excluding carboxylic acids is 3. The highest BCUT2D eigenvalue weighted by atomic mass is 79.9. The zero-order chi connectivity index (χ0) is 21.9. The molecule has 0 aliphatic rings. The number of primary amides is 1. The van der Waals surface area contributed by atoms with Crippen LogP contribution in [0.25, 0.3) is 0 Å². The highest BCUT2D eigenvalue weighted by Crippen LogP contribution is 2.27. The van der Waals surface area contributed by atoms with Crippen LogP contribution in [0.1, 0.15) is 18.4 Å². The molecule has 0 atom stereocenters. The van der Waals surface area contributed by atoms with Gasteiger partial charge >= 0.3 is 0 Å². The molecule has 2 rings (SSSR count). The summed E-state index contributed by atoms with van der Waals surface area (Å²) in [6.45, 7) is -0.269. The van der Waals surface area contributed by atoms with E-state index in [0.717, 1.165) is 4.47 Å². The first kappa shape index (κ1) is 22.9. The smallest absolute Gasteiger partial charge is 0.255 e. The van der Waals surface area contributed by atoms with Crippen molar-refractivity contribution in [2.45, 2.75) is 12.8 Å². The minimum Gasteiger partial charge on any atom is -0.493 e. The molecule has 0 saturated carbocycles. The van der Waals surface area contributed by atoms with E-state index in [1.807, 2.05) is 12.1 Å². The van der Waals surface area contributed by atoms with Gasteiger partial charge in [-0.25, -0.2) is 5.43 Å². The van der Waals surface area contributed by atoms with Crippen LogP contribution in [0.2, 0.25) is 0 Å². The molecule has 0 aromatic heterocycles. The summed E-state index contributed by atoms with van der Waals surface area (Å²) in [5.41, 5.74) is 8.69. The first-order chi connectivity index (χ1) is 14.4. The molecular weight excluding hydrogens is 456 g/mol. The van der Waals surface area contributed by atoms with Crippen molar-refractivity contribution in [2.24, 2.45) is 10.8 Å². The molecule has 30 heavy (non-hydrogen) atoms. The van der Waals surface area contributed by atoms with Gasteiger partial charge in [-0.05, 0) is 48.0 Å². The monoisotopic (exact) mass is 476 g/mol. The standard InChI is InChI=1S/C20H21BrN4O5/c1-29-17-10-13(2-7-16(17)30-12-18(22)26)11-23-25-20(28)9-8-19(27)24-15-5-3-14(21)4-6-15/h2-7,10-11H,8-9,12H2,1H3,(H2,22,26)(H,24,27)(H,25,28). The number of carbonyl (C=O) groups is 3. The van der Waals surface area contributed by atoms with E-state index >= 15 is 0 Å². The lowest BCUT2D eigenvalue weighted by molar-refractivity contribution is -0.124. The molecule has 9 nitrogen and oxygen atoms in total. The molecule has 2 aromatic rings. The van der Waals surface area contributed by atoms with E-state index in [2.05, 4.69) is 31.8 Å². The lowest BCUT2D eigenvalue weighted by atomic mass is 10.2. The Kier molecular flexibility index (Phi) is 8.82. The summed E-state index contributed by atoms with van der Waals surface area (Å²) in [6.07, 6.45) is 1.43. The Morgan fingerprint density at radius 1 is 1.07 bits per heavy atom. The maximum atomic E-state index is 11.9. The van der Waals surface area contributed by atoms with E-state index in [1.165, 1.54) is 13.3 Å². The number of hydrogen-bond acceptors (Lipinski definition) is 6. The van der Waals surface area contributed by atoms with E-state index in [-0.39, 0.29) is 25.4 Å². The number of anilines is 1. The van der Waals surface area contributed by atoms with Crippen molar-refractivity contribution >= 4 is 45.6 Å². The molecule has 3 amide bonds. The van der Waals surface area contributed by atoms with E-state index in [1.54, 1.807) is 30.3 Å². The minimum absolute atomic E-state index is 0.0110. The van der Waals surface area contributed by atoms with Gasteiger partial charge in [0.25, 0.3) is 5.91 Å². The number of methoxy groups -OCH3 is 1. The molecule has 10 heteroatoms. The summed E-state index contributed by atoms with van der Waals surface area (Å²) >= 11 is 3.32. The van der Waals surface area contributed by atoms with Crippen molar-refractivity contribution in [2.75, 3.05) is 19.0 Å². The fourth-order valence-corrected chi connectivity index (χ4v) is 2.52. The molecule has 0 bridgehead atoms. The van der Waals surface area contributed by atoms with Crippen LogP contribution in [-0.2, 0) is 14.4 Å². The summed E-state index contributed by atoms with van der Waals surface area (Å²) in [5, 5.41) is 6.57. The molecule has 4 N–H and O–H groups in total. The summed E-state index contributed by atoms with van der Waals surface area (Å²) < 4.78 is 11.3. The Morgan fingerprint density at radius 3 is 2.43 bits per heavy atom. The predicted molar refractivity (Wildman–Crippen MR) is 115 cm³/mol. The Morgan fingerprint density at radius 2 is 1.77 bits per heavy atom. The van der Waals surface area contributed by atoms with Crippen LogP contribution in [0.15, 0.2) is 52.0 Å². The molecule has 0 aliphatic heterocycles. The number of ether oxygens (including phenoxy) is 2. The molecule has 2 aromatic carbocycles. The highest BCUT2D eigenvalue weighted by molar-refractivity contribution is 9.10. The minimum atomic E-state index is -0.601. The fourth-order valence-electron chi connectivity index (χ4n) is 2.25. The third kappa shape index (κ3) is 7.92. The van der Waals surface area contributed by atoms with Gasteiger partial charge in [0, 0.05) is 23.0 Å². The number of benzene rings is 2. The first-order valence-corrected chi connectivity index (χ1v) is 9.63. The second-order valence-corrected chi connectivity index (χ2v) is 6.93. The summed E-state index contributed by atoms with van der Waals surface area (Å²) in [6, 6.07) is 12.0. The van der Waals surface area contributed by atoms with Gasteiger partial charge < -0.3 is 20.5 Å². The highest BCUT2D eigenvalue weighted by Gasteiger charge is 2.08. The quantitative estimate of drug-likeness (QED) is 0.357. The largest absolute Gasteiger partial charge is 0.493 e. The number of nitrogens with one attached hydrogen (secondary N) is 2. The predicted octanol–water partition coefficient (Wildman–Crippen LogP) is 2.19. The Labute approximate surface area is 181 Å². The van der Waals surface area contributed by atoms with Gasteiger partial charge in [0.05, 0.1) is 13.3 Å². The van der Waals surface area contributed by atoms with Crippen LogP contribution < -0.4 is 25.9 Å². The maximum absolute atomic E-state index is 11.9. The Hall–Kier alpha value is -3.40. The van der Waals surface area contributed by atoms with Crippen molar-refractivity contribution in [3.8, 4) is 11.5 Å². The van der Waals surface area contributed by atoms with Gasteiger partial charge in [-0.1, -0.05) is 15.9 Å². The van der Waals surface area contributed by atoms with E-state index in [0.29, 0.717) is 22.7 Å². The molecule has 158 valence electrons. The van der Waals surface area contributed by atoms with Crippen molar-refractivity contribution < 1.29 is 23.9 Å². The van der Waals surface area contributed by atoms with Crippen molar-refractivity contribution in [3.63, 3.8) is 0 Å². The van der Waals surface area contributed by atoms with E-state index < -0.39 is 11.8 Å². The van der Waals surface area contributed by atoms with Gasteiger partial charge in [0.1, 0.15) is 0 Å². The van der Waals surface area contributed by atoms with Crippen LogP contribution in [-0.4, -0.2) is 37.7 Å². The molecule has 0 heterocycles. The van der Waals surface area contributed by atoms with E-state index in [9.17, 15) is 14.4 Å². The summed E-state index contributed by atoms with van der Waals surface area (Å²) in [7, 11) is 1.45. The molecular formula is C20H21BrN4O5. The number of nitrogens with two attached hydrogens (primary N) is 1. The van der Waals surface area contributed by atoms with Gasteiger partial charge in [0.2, 0.25) is 11.8 Å². The van der Waals surface area contributed by atoms with Crippen molar-refractivity contribution in [3.05, 3.63) is 52.5 Å². The lowest BCUT2D eigenvalue weighted by Crippen LogP contribution is -2.20. The van der Waals surface area contributed by atoms with Crippen LogP contribution in [0.5, 0.6) is 11.5 Å². The summed E-state index contributed by atoms with van der Waals surface area (Å²) in [5.74, 6) is -0.528. The van der Waals surface area contributed by atoms with Crippen LogP contribution in [0, 0.1) is 0 Å². The van der Waals surface area contributed by atoms with E-state index in [4.69, 9.17) is 15.2 Å². The first-order valence-electron chi connectivity index (χ1n) is 8.84. The van der Waals surface area contributed by atoms with Gasteiger partial charge in [0.15, 0.2) is 18.1 Å². The topological polar surface area (TPSA) is 132 Å². The average molecular weight is 477 g/mol. The SMILES string of the molecule is COc1cc(C=NNC(=O)CCC(=O)Nc2ccc(Br)cc2)ccc1OCC(N)=O. The van der Waals surface area contributed by atoms with Gasteiger partial charge in [-0.3, -0.25) is 14.4 Å². The second-order valence-electron chi connectivity index (χ2n) is 6.01. The maximum Gasteiger partial charge on any atom is 0.255 e. The zero-order valence-electron chi connectivity index (χ0n) is 16.2. The molecule has 0 saturated heterocycles. The third-order valence-corrected chi connectivity index (χ3v) is 4.20. The average Bonchev–Trinajstić information content (AvgIpc) is 2.72. The second kappa shape index (κ2) is 11.6. The normalized spacial score (nSPS) is 10.5. The van der Waals surface area contributed by atoms with Gasteiger partial charge in [-0.15, -0.1) is 0 Å². The molecule has 0 unspecified atom stereocenters. The fraction of sp³-hybridized carbons (Fsp3) is 0.200. The van der Waals surface area contributed by atoms with Gasteiger partial charge in [-0.2, -0.15) is 5.10 Å². The van der Waals surface area contributed by atoms with Crippen LogP contribution in [0.4, 0.5) is 5.69 Å². The zero-order valence-corrected chi connectivity index (χ0v) is 17.8. The third-order valence-electron chi connectivity index (χ3n) is 3.67.